The maximum absolute atomic E-state index is 11.8. The van der Waals surface area contributed by atoms with Crippen LogP contribution in [0.4, 0.5) is 16.2 Å². The van der Waals surface area contributed by atoms with Crippen LogP contribution in [0.2, 0.25) is 0 Å². The topological polar surface area (TPSA) is 85.5 Å². The number of ether oxygens (including phenoxy) is 1. The van der Waals surface area contributed by atoms with E-state index in [-0.39, 0.29) is 6.03 Å². The van der Waals surface area contributed by atoms with Gasteiger partial charge in [-0.15, -0.1) is 0 Å². The molecule has 4 aromatic rings. The van der Waals surface area contributed by atoms with Gasteiger partial charge in [0.2, 0.25) is 0 Å². The van der Waals surface area contributed by atoms with Gasteiger partial charge in [-0.2, -0.15) is 0 Å². The van der Waals surface area contributed by atoms with Crippen molar-refractivity contribution in [3.63, 3.8) is 0 Å². The molecule has 1 aromatic heterocycles. The van der Waals surface area contributed by atoms with Crippen LogP contribution in [0.3, 0.4) is 0 Å². The molecule has 0 spiro atoms. The summed E-state index contributed by atoms with van der Waals surface area (Å²) in [5.74, 6) is 1.71. The molecule has 9 heteroatoms. The number of alkyl halides is 1. The number of fused-ring (bicyclic) bond motifs is 1. The summed E-state index contributed by atoms with van der Waals surface area (Å²) < 4.78 is 5.96. The van der Waals surface area contributed by atoms with Crippen molar-refractivity contribution in [3.05, 3.63) is 72.3 Å². The van der Waals surface area contributed by atoms with Gasteiger partial charge in [-0.1, -0.05) is 53.2 Å². The molecule has 1 aliphatic rings. The number of aryl methyl sites for hydroxylation is 1. The molecule has 8 nitrogen and oxygen atoms in total. The summed E-state index contributed by atoms with van der Waals surface area (Å²) in [7, 11) is 0. The zero-order valence-corrected chi connectivity index (χ0v) is 23.8. The average Bonchev–Trinajstić information content (AvgIpc) is 3.42. The van der Waals surface area contributed by atoms with Crippen molar-refractivity contribution in [2.75, 3.05) is 61.4 Å². The SMILES string of the molecule is CCc1ccc(-c2nc3c(N4CCN(CCOc5ccc(NC(=O)NCCBr)cc5)CC4)cccc3[nH]2)cc1. The number of nitrogens with one attached hydrogen (secondary N) is 3. The third-order valence-electron chi connectivity index (χ3n) is 7.01. The highest BCUT2D eigenvalue weighted by atomic mass is 79.9. The van der Waals surface area contributed by atoms with Crippen molar-refractivity contribution < 1.29 is 9.53 Å². The highest BCUT2D eigenvalue weighted by Crippen LogP contribution is 2.29. The number of urea groups is 1. The quantitative estimate of drug-likeness (QED) is 0.212. The number of hydrogen-bond acceptors (Lipinski definition) is 5. The van der Waals surface area contributed by atoms with E-state index in [0.717, 1.165) is 78.3 Å². The van der Waals surface area contributed by atoms with Crippen LogP contribution in [0.5, 0.6) is 5.75 Å². The molecule has 39 heavy (non-hydrogen) atoms. The van der Waals surface area contributed by atoms with Crippen LogP contribution in [0.25, 0.3) is 22.4 Å². The first-order chi connectivity index (χ1) is 19.1. The normalized spacial score (nSPS) is 13.9. The maximum Gasteiger partial charge on any atom is 0.319 e. The molecule has 3 N–H and O–H groups in total. The Bertz CT molecular complexity index is 1360. The number of benzene rings is 3. The lowest BCUT2D eigenvalue weighted by atomic mass is 10.1. The molecule has 1 fully saturated rings. The summed E-state index contributed by atoms with van der Waals surface area (Å²) in [6.45, 7) is 8.08. The van der Waals surface area contributed by atoms with Crippen molar-refractivity contribution in [1.82, 2.24) is 20.2 Å². The third-order valence-corrected chi connectivity index (χ3v) is 7.40. The minimum absolute atomic E-state index is 0.215. The Labute approximate surface area is 237 Å². The molecule has 0 bridgehead atoms. The van der Waals surface area contributed by atoms with Crippen LogP contribution in [-0.4, -0.2) is 72.1 Å². The average molecular weight is 592 g/mol. The first-order valence-electron chi connectivity index (χ1n) is 13.5. The number of carbonyl (C=O) groups excluding carboxylic acids is 1. The van der Waals surface area contributed by atoms with Gasteiger partial charge in [0.1, 0.15) is 23.7 Å². The number of aromatic nitrogens is 2. The number of rotatable bonds is 10. The smallest absolute Gasteiger partial charge is 0.319 e. The minimum Gasteiger partial charge on any atom is -0.492 e. The highest BCUT2D eigenvalue weighted by molar-refractivity contribution is 9.09. The predicted octanol–water partition coefficient (Wildman–Crippen LogP) is 5.51. The number of piperazine rings is 1. The number of anilines is 2. The van der Waals surface area contributed by atoms with Gasteiger partial charge in [-0.3, -0.25) is 4.90 Å². The molecular weight excluding hydrogens is 556 g/mol. The number of para-hydroxylation sites is 1. The van der Waals surface area contributed by atoms with Gasteiger partial charge in [0.25, 0.3) is 0 Å². The number of H-pyrrole nitrogens is 1. The first-order valence-corrected chi connectivity index (χ1v) is 14.6. The zero-order chi connectivity index (χ0) is 27.0. The van der Waals surface area contributed by atoms with Crippen molar-refractivity contribution in [3.8, 4) is 17.1 Å². The number of carbonyl (C=O) groups is 1. The van der Waals surface area contributed by atoms with E-state index in [1.165, 1.54) is 11.3 Å². The van der Waals surface area contributed by atoms with Crippen LogP contribution in [-0.2, 0) is 6.42 Å². The Morgan fingerprint density at radius 2 is 1.79 bits per heavy atom. The largest absolute Gasteiger partial charge is 0.492 e. The molecule has 0 aliphatic carbocycles. The van der Waals surface area contributed by atoms with Crippen LogP contribution in [0.1, 0.15) is 12.5 Å². The summed E-state index contributed by atoms with van der Waals surface area (Å²) in [5.41, 5.74) is 6.46. The van der Waals surface area contributed by atoms with Gasteiger partial charge in [0.05, 0.1) is 11.2 Å². The molecule has 2 amide bonds. The standard InChI is InChI=1S/C30H35BrN6O2/c1-2-22-6-8-23(9-7-22)29-34-26-4-3-5-27(28(26)35-29)37-18-16-36(17-19-37)20-21-39-25-12-10-24(11-13-25)33-30(38)32-15-14-31/h3-13H,2,14-21H2,1H3,(H,34,35)(H2,32,33,38). The van der Waals surface area contributed by atoms with Crippen LogP contribution in [0.15, 0.2) is 66.7 Å². The molecule has 3 aromatic carbocycles. The van der Waals surface area contributed by atoms with Crippen molar-refractivity contribution in [2.45, 2.75) is 13.3 Å². The van der Waals surface area contributed by atoms with Crippen LogP contribution >= 0.6 is 15.9 Å². The van der Waals surface area contributed by atoms with E-state index in [0.29, 0.717) is 13.2 Å². The van der Waals surface area contributed by atoms with E-state index in [9.17, 15) is 4.79 Å². The number of amides is 2. The number of halogens is 1. The molecule has 1 aliphatic heterocycles. The van der Waals surface area contributed by atoms with E-state index in [4.69, 9.17) is 9.72 Å². The van der Waals surface area contributed by atoms with Gasteiger partial charge in [-0.05, 0) is 48.4 Å². The molecule has 0 unspecified atom stereocenters. The Kier molecular flexibility index (Phi) is 9.00. The molecule has 0 atom stereocenters. The Morgan fingerprint density at radius 3 is 2.51 bits per heavy atom. The van der Waals surface area contributed by atoms with Gasteiger partial charge >= 0.3 is 6.03 Å². The second kappa shape index (κ2) is 13.0. The minimum atomic E-state index is -0.215. The molecular formula is C30H35BrN6O2. The molecule has 0 radical (unpaired) electrons. The van der Waals surface area contributed by atoms with Crippen molar-refractivity contribution >= 4 is 44.4 Å². The first kappa shape index (κ1) is 27.0. The van der Waals surface area contributed by atoms with E-state index in [2.05, 4.69) is 90.7 Å². The van der Waals surface area contributed by atoms with Crippen LogP contribution in [0, 0.1) is 0 Å². The Balaban J connectivity index is 1.11. The fraction of sp³-hybridized carbons (Fsp3) is 0.333. The van der Waals surface area contributed by atoms with E-state index in [1.807, 2.05) is 24.3 Å². The zero-order valence-electron chi connectivity index (χ0n) is 22.3. The maximum atomic E-state index is 11.8. The fourth-order valence-electron chi connectivity index (χ4n) is 4.78. The second-order valence-electron chi connectivity index (χ2n) is 9.58. The molecule has 204 valence electrons. The van der Waals surface area contributed by atoms with Crippen LogP contribution < -0.4 is 20.3 Å². The summed E-state index contributed by atoms with van der Waals surface area (Å²) in [4.78, 5) is 25.1. The number of hydrogen-bond donors (Lipinski definition) is 3. The summed E-state index contributed by atoms with van der Waals surface area (Å²) in [6, 6.07) is 22.3. The molecule has 5 rings (SSSR count). The predicted molar refractivity (Wildman–Crippen MR) is 162 cm³/mol. The number of aromatic amines is 1. The second-order valence-corrected chi connectivity index (χ2v) is 10.4. The fourth-order valence-corrected chi connectivity index (χ4v) is 4.98. The monoisotopic (exact) mass is 590 g/mol. The Morgan fingerprint density at radius 1 is 1.03 bits per heavy atom. The Hall–Kier alpha value is -3.56. The summed E-state index contributed by atoms with van der Waals surface area (Å²) in [5, 5.41) is 6.29. The van der Waals surface area contributed by atoms with Gasteiger partial charge in [0, 0.05) is 55.8 Å². The molecule has 1 saturated heterocycles. The van der Waals surface area contributed by atoms with Gasteiger partial charge in [0.15, 0.2) is 0 Å². The van der Waals surface area contributed by atoms with E-state index >= 15 is 0 Å². The third kappa shape index (κ3) is 6.91. The number of nitrogens with zero attached hydrogens (tertiary/aromatic N) is 3. The van der Waals surface area contributed by atoms with Crippen molar-refractivity contribution in [1.29, 1.82) is 0 Å². The van der Waals surface area contributed by atoms with Crippen molar-refractivity contribution in [2.24, 2.45) is 0 Å². The van der Waals surface area contributed by atoms with E-state index < -0.39 is 0 Å². The highest BCUT2D eigenvalue weighted by Gasteiger charge is 2.20. The van der Waals surface area contributed by atoms with Gasteiger partial charge in [-0.25, -0.2) is 9.78 Å². The lowest BCUT2D eigenvalue weighted by Gasteiger charge is -2.36. The summed E-state index contributed by atoms with van der Waals surface area (Å²) in [6.07, 6.45) is 1.03. The lowest BCUT2D eigenvalue weighted by molar-refractivity contribution is 0.200. The molecule has 2 heterocycles. The molecule has 0 saturated carbocycles. The lowest BCUT2D eigenvalue weighted by Crippen LogP contribution is -2.47. The summed E-state index contributed by atoms with van der Waals surface area (Å²) >= 11 is 3.29. The van der Waals surface area contributed by atoms with E-state index in [1.54, 1.807) is 0 Å². The van der Waals surface area contributed by atoms with Gasteiger partial charge < -0.3 is 25.3 Å². The number of imidazole rings is 1.